The summed E-state index contributed by atoms with van der Waals surface area (Å²) in [6, 6.07) is 22.1. The SMILES string of the molecule is O=C(/C=C/c1cccc([N+](=O)[O-])c1)C1c2ccccc2-c2ccccc21. The Morgan fingerprint density at radius 3 is 2.12 bits per heavy atom. The van der Waals surface area contributed by atoms with Crippen molar-refractivity contribution >= 4 is 17.5 Å². The first kappa shape index (κ1) is 16.0. The number of rotatable bonds is 4. The summed E-state index contributed by atoms with van der Waals surface area (Å²) in [7, 11) is 0. The molecule has 0 fully saturated rings. The minimum Gasteiger partial charge on any atom is -0.294 e. The predicted molar refractivity (Wildman–Crippen MR) is 101 cm³/mol. The van der Waals surface area contributed by atoms with Crippen LogP contribution in [-0.2, 0) is 4.79 Å². The van der Waals surface area contributed by atoms with Crippen molar-refractivity contribution in [3.63, 3.8) is 0 Å². The van der Waals surface area contributed by atoms with Crippen LogP contribution in [-0.4, -0.2) is 10.7 Å². The van der Waals surface area contributed by atoms with Crippen LogP contribution in [0.15, 0.2) is 78.9 Å². The van der Waals surface area contributed by atoms with Crippen LogP contribution in [0.4, 0.5) is 5.69 Å². The maximum atomic E-state index is 12.9. The van der Waals surface area contributed by atoms with Gasteiger partial charge in [-0.15, -0.1) is 0 Å². The highest BCUT2D eigenvalue weighted by atomic mass is 16.6. The maximum absolute atomic E-state index is 12.9. The number of ketones is 1. The van der Waals surface area contributed by atoms with Crippen LogP contribution in [0.2, 0.25) is 0 Å². The first-order valence-electron chi connectivity index (χ1n) is 8.30. The van der Waals surface area contributed by atoms with Gasteiger partial charge in [0.25, 0.3) is 5.69 Å². The van der Waals surface area contributed by atoms with Crippen LogP contribution in [0.1, 0.15) is 22.6 Å². The molecular formula is C22H15NO3. The standard InChI is InChI=1S/C22H15NO3/c24-21(13-12-15-6-5-7-16(14-15)23(25)26)22-19-10-3-1-8-17(19)18-9-2-4-11-20(18)22/h1-14,22H/b13-12+. The van der Waals surface area contributed by atoms with E-state index in [0.29, 0.717) is 5.56 Å². The molecule has 0 radical (unpaired) electrons. The number of carbonyl (C=O) groups excluding carboxylic acids is 1. The quantitative estimate of drug-likeness (QED) is 0.381. The second kappa shape index (κ2) is 6.41. The second-order valence-corrected chi connectivity index (χ2v) is 6.20. The smallest absolute Gasteiger partial charge is 0.270 e. The highest BCUT2D eigenvalue weighted by Crippen LogP contribution is 2.45. The number of non-ortho nitro benzene ring substituents is 1. The Balaban J connectivity index is 1.69. The number of nitrogens with zero attached hydrogens (tertiary/aromatic N) is 1. The molecule has 0 bridgehead atoms. The molecule has 4 nitrogen and oxygen atoms in total. The Morgan fingerprint density at radius 1 is 0.885 bits per heavy atom. The summed E-state index contributed by atoms with van der Waals surface area (Å²) in [5.41, 5.74) is 4.82. The van der Waals surface area contributed by atoms with Gasteiger partial charge in [-0.3, -0.25) is 14.9 Å². The molecular weight excluding hydrogens is 326 g/mol. The number of carbonyl (C=O) groups is 1. The molecule has 0 saturated carbocycles. The van der Waals surface area contributed by atoms with Gasteiger partial charge >= 0.3 is 0 Å². The van der Waals surface area contributed by atoms with Crippen LogP contribution < -0.4 is 0 Å². The van der Waals surface area contributed by atoms with Crippen LogP contribution in [0, 0.1) is 10.1 Å². The van der Waals surface area contributed by atoms with Gasteiger partial charge in [-0.1, -0.05) is 66.7 Å². The molecule has 0 spiro atoms. The molecule has 0 saturated heterocycles. The summed E-state index contributed by atoms with van der Waals surface area (Å²) in [5, 5.41) is 10.9. The zero-order chi connectivity index (χ0) is 18.1. The van der Waals surface area contributed by atoms with E-state index in [0.717, 1.165) is 22.3 Å². The van der Waals surface area contributed by atoms with Crippen LogP contribution in [0.25, 0.3) is 17.2 Å². The van der Waals surface area contributed by atoms with E-state index in [4.69, 9.17) is 0 Å². The van der Waals surface area contributed by atoms with Crippen molar-refractivity contribution in [3.8, 4) is 11.1 Å². The zero-order valence-corrected chi connectivity index (χ0v) is 13.8. The van der Waals surface area contributed by atoms with Crippen molar-refractivity contribution in [2.24, 2.45) is 0 Å². The number of fused-ring (bicyclic) bond motifs is 3. The van der Waals surface area contributed by atoms with E-state index in [1.807, 2.05) is 48.5 Å². The molecule has 3 aromatic carbocycles. The Bertz CT molecular complexity index is 1010. The van der Waals surface area contributed by atoms with E-state index >= 15 is 0 Å². The monoisotopic (exact) mass is 341 g/mol. The van der Waals surface area contributed by atoms with E-state index in [2.05, 4.69) is 0 Å². The fourth-order valence-electron chi connectivity index (χ4n) is 3.48. The number of benzene rings is 3. The molecule has 3 aromatic rings. The third-order valence-corrected chi connectivity index (χ3v) is 4.64. The molecule has 0 aliphatic heterocycles. The molecule has 0 aromatic heterocycles. The predicted octanol–water partition coefficient (Wildman–Crippen LogP) is 4.99. The van der Waals surface area contributed by atoms with E-state index < -0.39 is 4.92 Å². The Labute approximate surface area is 150 Å². The number of nitro groups is 1. The van der Waals surface area contributed by atoms with Gasteiger partial charge in [-0.05, 0) is 33.9 Å². The number of hydrogen-bond acceptors (Lipinski definition) is 3. The summed E-state index contributed by atoms with van der Waals surface area (Å²) in [6.45, 7) is 0. The molecule has 0 N–H and O–H groups in total. The van der Waals surface area contributed by atoms with Crippen molar-refractivity contribution < 1.29 is 9.72 Å². The van der Waals surface area contributed by atoms with Crippen LogP contribution >= 0.6 is 0 Å². The summed E-state index contributed by atoms with van der Waals surface area (Å²) < 4.78 is 0. The number of allylic oxidation sites excluding steroid dienone is 1. The number of nitro benzene ring substituents is 1. The van der Waals surface area contributed by atoms with E-state index in [1.54, 1.807) is 18.2 Å². The molecule has 26 heavy (non-hydrogen) atoms. The lowest BCUT2D eigenvalue weighted by Crippen LogP contribution is -2.08. The molecule has 4 heteroatoms. The molecule has 0 amide bonds. The molecule has 0 unspecified atom stereocenters. The second-order valence-electron chi connectivity index (χ2n) is 6.20. The highest BCUT2D eigenvalue weighted by Gasteiger charge is 2.31. The van der Waals surface area contributed by atoms with Gasteiger partial charge in [-0.2, -0.15) is 0 Å². The van der Waals surface area contributed by atoms with Crippen molar-refractivity contribution in [1.29, 1.82) is 0 Å². The lowest BCUT2D eigenvalue weighted by molar-refractivity contribution is -0.384. The van der Waals surface area contributed by atoms with Gasteiger partial charge in [-0.25, -0.2) is 0 Å². The zero-order valence-electron chi connectivity index (χ0n) is 13.8. The van der Waals surface area contributed by atoms with E-state index in [9.17, 15) is 14.9 Å². The first-order chi connectivity index (χ1) is 12.6. The fraction of sp³-hybridized carbons (Fsp3) is 0.0455. The van der Waals surface area contributed by atoms with Crippen LogP contribution in [0.3, 0.4) is 0 Å². The van der Waals surface area contributed by atoms with Crippen molar-refractivity contribution in [2.75, 3.05) is 0 Å². The van der Waals surface area contributed by atoms with Crippen molar-refractivity contribution in [2.45, 2.75) is 5.92 Å². The number of hydrogen-bond donors (Lipinski definition) is 0. The van der Waals surface area contributed by atoms with Gasteiger partial charge in [0.05, 0.1) is 10.8 Å². The summed E-state index contributed by atoms with van der Waals surface area (Å²) >= 11 is 0. The topological polar surface area (TPSA) is 60.2 Å². The minimum atomic E-state index is -0.442. The molecule has 1 aliphatic rings. The molecule has 0 heterocycles. The minimum absolute atomic E-state index is 0.0103. The molecule has 1 aliphatic carbocycles. The van der Waals surface area contributed by atoms with Gasteiger partial charge < -0.3 is 0 Å². The maximum Gasteiger partial charge on any atom is 0.270 e. The summed E-state index contributed by atoms with van der Waals surface area (Å²) in [6.07, 6.45) is 3.15. The molecule has 126 valence electrons. The van der Waals surface area contributed by atoms with Crippen LogP contribution in [0.5, 0.6) is 0 Å². The normalized spacial score (nSPS) is 12.8. The van der Waals surface area contributed by atoms with Gasteiger partial charge in [0, 0.05) is 12.1 Å². The average Bonchev–Trinajstić information content (AvgIpc) is 3.01. The van der Waals surface area contributed by atoms with Crippen molar-refractivity contribution in [1.82, 2.24) is 0 Å². The largest absolute Gasteiger partial charge is 0.294 e. The molecule has 0 atom stereocenters. The Morgan fingerprint density at radius 2 is 1.50 bits per heavy atom. The van der Waals surface area contributed by atoms with Gasteiger partial charge in [0.15, 0.2) is 5.78 Å². The van der Waals surface area contributed by atoms with Gasteiger partial charge in [0.2, 0.25) is 0 Å². The summed E-state index contributed by atoms with van der Waals surface area (Å²) in [4.78, 5) is 23.4. The molecule has 4 rings (SSSR count). The van der Waals surface area contributed by atoms with Crippen molar-refractivity contribution in [3.05, 3.63) is 106 Å². The van der Waals surface area contributed by atoms with E-state index in [1.165, 1.54) is 18.2 Å². The summed E-state index contributed by atoms with van der Waals surface area (Å²) in [5.74, 6) is -0.369. The average molecular weight is 341 g/mol. The third-order valence-electron chi connectivity index (χ3n) is 4.64. The fourth-order valence-corrected chi connectivity index (χ4v) is 3.48. The van der Waals surface area contributed by atoms with Gasteiger partial charge in [0.1, 0.15) is 0 Å². The third kappa shape index (κ3) is 2.71. The lowest BCUT2D eigenvalue weighted by Gasteiger charge is -2.09. The van der Waals surface area contributed by atoms with E-state index in [-0.39, 0.29) is 17.4 Å². The Kier molecular flexibility index (Phi) is 3.93. The highest BCUT2D eigenvalue weighted by molar-refractivity contribution is 6.05. The lowest BCUT2D eigenvalue weighted by atomic mass is 9.92. The first-order valence-corrected chi connectivity index (χ1v) is 8.30. The Hall–Kier alpha value is -3.53.